The highest BCUT2D eigenvalue weighted by molar-refractivity contribution is 6.42. The minimum Gasteiger partial charge on any atom is -0.352 e. The van der Waals surface area contributed by atoms with Gasteiger partial charge in [-0.05, 0) is 55.2 Å². The number of carbonyl (C=O) groups excluding carboxylic acids is 2. The van der Waals surface area contributed by atoms with Gasteiger partial charge in [0.15, 0.2) is 0 Å². The fourth-order valence-corrected chi connectivity index (χ4v) is 4.31. The van der Waals surface area contributed by atoms with Crippen molar-refractivity contribution in [2.24, 2.45) is 0 Å². The first kappa shape index (κ1) is 23.9. The van der Waals surface area contributed by atoms with E-state index >= 15 is 0 Å². The van der Waals surface area contributed by atoms with Gasteiger partial charge in [-0.15, -0.1) is 0 Å². The summed E-state index contributed by atoms with van der Waals surface area (Å²) >= 11 is 18.2. The number of nitrogens with one attached hydrogen (secondary N) is 1. The van der Waals surface area contributed by atoms with Crippen molar-refractivity contribution in [3.63, 3.8) is 0 Å². The molecule has 4 nitrogen and oxygen atoms in total. The van der Waals surface area contributed by atoms with E-state index in [0.29, 0.717) is 15.1 Å². The first-order valence-electron chi connectivity index (χ1n) is 10.6. The molecule has 0 spiro atoms. The molecular formula is C24H27Cl3N2O2. The molecule has 0 aliphatic heterocycles. The topological polar surface area (TPSA) is 49.4 Å². The van der Waals surface area contributed by atoms with Crippen LogP contribution >= 0.6 is 34.8 Å². The van der Waals surface area contributed by atoms with Crippen molar-refractivity contribution in [1.82, 2.24) is 10.2 Å². The van der Waals surface area contributed by atoms with Crippen molar-refractivity contribution in [3.05, 3.63) is 68.7 Å². The molecule has 1 saturated carbocycles. The van der Waals surface area contributed by atoms with Gasteiger partial charge in [0.25, 0.3) is 0 Å². The minimum absolute atomic E-state index is 0.128. The number of carbonyl (C=O) groups is 2. The van der Waals surface area contributed by atoms with E-state index < -0.39 is 6.04 Å². The molecule has 0 radical (unpaired) electrons. The quantitative estimate of drug-likeness (QED) is 0.523. The lowest BCUT2D eigenvalue weighted by Crippen LogP contribution is -2.50. The van der Waals surface area contributed by atoms with Crippen LogP contribution in [0.4, 0.5) is 0 Å². The maximum Gasteiger partial charge on any atom is 0.242 e. The predicted molar refractivity (Wildman–Crippen MR) is 127 cm³/mol. The molecule has 0 saturated heterocycles. The van der Waals surface area contributed by atoms with Gasteiger partial charge in [0.2, 0.25) is 11.8 Å². The maximum atomic E-state index is 13.2. The van der Waals surface area contributed by atoms with Gasteiger partial charge in [-0.1, -0.05) is 72.3 Å². The van der Waals surface area contributed by atoms with E-state index in [1.165, 1.54) is 6.42 Å². The largest absolute Gasteiger partial charge is 0.352 e. The molecule has 3 rings (SSSR count). The Balaban J connectivity index is 1.77. The third kappa shape index (κ3) is 6.86. The summed E-state index contributed by atoms with van der Waals surface area (Å²) in [7, 11) is 0. The zero-order valence-electron chi connectivity index (χ0n) is 17.5. The van der Waals surface area contributed by atoms with E-state index in [-0.39, 0.29) is 30.8 Å². The second-order valence-electron chi connectivity index (χ2n) is 8.09. The molecule has 166 valence electrons. The Morgan fingerprint density at radius 2 is 1.61 bits per heavy atom. The first-order valence-corrected chi connectivity index (χ1v) is 11.7. The van der Waals surface area contributed by atoms with E-state index in [1.807, 2.05) is 18.2 Å². The van der Waals surface area contributed by atoms with Gasteiger partial charge >= 0.3 is 0 Å². The molecule has 7 heteroatoms. The van der Waals surface area contributed by atoms with Gasteiger partial charge in [-0.3, -0.25) is 9.59 Å². The number of nitrogens with zero attached hydrogens (tertiary/aromatic N) is 1. The third-order valence-electron chi connectivity index (χ3n) is 5.72. The number of benzene rings is 2. The molecule has 0 heterocycles. The summed E-state index contributed by atoms with van der Waals surface area (Å²) in [6.07, 6.45) is 5.63. The molecule has 2 aromatic rings. The van der Waals surface area contributed by atoms with Crippen LogP contribution in [-0.4, -0.2) is 28.8 Å². The Hall–Kier alpha value is -1.75. The van der Waals surface area contributed by atoms with E-state index in [0.717, 1.165) is 36.8 Å². The summed E-state index contributed by atoms with van der Waals surface area (Å²) in [5.74, 6) is -0.267. The van der Waals surface area contributed by atoms with Gasteiger partial charge in [0.1, 0.15) is 6.04 Å². The smallest absolute Gasteiger partial charge is 0.242 e. The number of rotatable bonds is 7. The number of halogens is 3. The van der Waals surface area contributed by atoms with Crippen LogP contribution in [0.5, 0.6) is 0 Å². The standard InChI is InChI=1S/C24H27Cl3N2O2/c1-16(24(31)28-20-5-3-2-4-6-20)29(15-18-9-12-21(26)22(27)13-18)23(30)14-17-7-10-19(25)11-8-17/h7-13,16,20H,2-6,14-15H2,1H3,(H,28,31). The Labute approximate surface area is 198 Å². The number of hydrogen-bond donors (Lipinski definition) is 1. The summed E-state index contributed by atoms with van der Waals surface area (Å²) in [5.41, 5.74) is 1.66. The van der Waals surface area contributed by atoms with Gasteiger partial charge in [0.05, 0.1) is 16.5 Å². The molecular weight excluding hydrogens is 455 g/mol. The van der Waals surface area contributed by atoms with Crippen LogP contribution < -0.4 is 5.32 Å². The molecule has 1 aliphatic carbocycles. The fourth-order valence-electron chi connectivity index (χ4n) is 3.86. The highest BCUT2D eigenvalue weighted by Crippen LogP contribution is 2.24. The molecule has 31 heavy (non-hydrogen) atoms. The fraction of sp³-hybridized carbons (Fsp3) is 0.417. The average molecular weight is 482 g/mol. The molecule has 1 unspecified atom stereocenters. The molecule has 0 bridgehead atoms. The summed E-state index contributed by atoms with van der Waals surface area (Å²) in [6.45, 7) is 2.04. The van der Waals surface area contributed by atoms with Crippen LogP contribution in [0.1, 0.15) is 50.2 Å². The Kier molecular flexibility index (Phi) is 8.65. The molecule has 0 aromatic heterocycles. The summed E-state index contributed by atoms with van der Waals surface area (Å²) < 4.78 is 0. The molecule has 1 fully saturated rings. The lowest BCUT2D eigenvalue weighted by molar-refractivity contribution is -0.140. The van der Waals surface area contributed by atoms with Crippen molar-refractivity contribution in [3.8, 4) is 0 Å². The highest BCUT2D eigenvalue weighted by atomic mass is 35.5. The van der Waals surface area contributed by atoms with Crippen LogP contribution in [0.15, 0.2) is 42.5 Å². The van der Waals surface area contributed by atoms with Crippen LogP contribution in [0, 0.1) is 0 Å². The Morgan fingerprint density at radius 1 is 0.968 bits per heavy atom. The molecule has 2 amide bonds. The molecule has 1 atom stereocenters. The van der Waals surface area contributed by atoms with E-state index in [2.05, 4.69) is 5.32 Å². The SMILES string of the molecule is CC(C(=O)NC1CCCCC1)N(Cc1ccc(Cl)c(Cl)c1)C(=O)Cc1ccc(Cl)cc1. The van der Waals surface area contributed by atoms with E-state index in [9.17, 15) is 9.59 Å². The Morgan fingerprint density at radius 3 is 2.26 bits per heavy atom. The van der Waals surface area contributed by atoms with Crippen LogP contribution in [0.3, 0.4) is 0 Å². The lowest BCUT2D eigenvalue weighted by Gasteiger charge is -2.31. The predicted octanol–water partition coefficient (Wildman–Crippen LogP) is 6.06. The first-order chi connectivity index (χ1) is 14.8. The van der Waals surface area contributed by atoms with Gasteiger partial charge in [-0.25, -0.2) is 0 Å². The zero-order valence-corrected chi connectivity index (χ0v) is 19.8. The van der Waals surface area contributed by atoms with Gasteiger partial charge in [-0.2, -0.15) is 0 Å². The van der Waals surface area contributed by atoms with E-state index in [4.69, 9.17) is 34.8 Å². The Bertz CT molecular complexity index is 912. The molecule has 1 N–H and O–H groups in total. The van der Waals surface area contributed by atoms with Crippen LogP contribution in [-0.2, 0) is 22.6 Å². The third-order valence-corrected chi connectivity index (χ3v) is 6.72. The van der Waals surface area contributed by atoms with Crippen LogP contribution in [0.2, 0.25) is 15.1 Å². The van der Waals surface area contributed by atoms with E-state index in [1.54, 1.807) is 36.1 Å². The highest BCUT2D eigenvalue weighted by Gasteiger charge is 2.28. The zero-order chi connectivity index (χ0) is 22.4. The summed E-state index contributed by atoms with van der Waals surface area (Å²) in [6, 6.07) is 12.0. The van der Waals surface area contributed by atoms with Crippen molar-refractivity contribution >= 4 is 46.6 Å². The minimum atomic E-state index is -0.615. The van der Waals surface area contributed by atoms with Crippen molar-refractivity contribution < 1.29 is 9.59 Å². The van der Waals surface area contributed by atoms with Gasteiger partial charge in [0, 0.05) is 17.6 Å². The van der Waals surface area contributed by atoms with Crippen molar-refractivity contribution in [2.45, 2.75) is 64.1 Å². The monoisotopic (exact) mass is 480 g/mol. The molecule has 2 aromatic carbocycles. The van der Waals surface area contributed by atoms with Gasteiger partial charge < -0.3 is 10.2 Å². The van der Waals surface area contributed by atoms with Crippen LogP contribution in [0.25, 0.3) is 0 Å². The average Bonchev–Trinajstić information content (AvgIpc) is 2.76. The second-order valence-corrected chi connectivity index (χ2v) is 9.34. The lowest BCUT2D eigenvalue weighted by atomic mass is 9.95. The normalized spacial score (nSPS) is 15.4. The summed E-state index contributed by atoms with van der Waals surface area (Å²) in [5, 5.41) is 4.62. The molecule has 1 aliphatic rings. The van der Waals surface area contributed by atoms with Crippen molar-refractivity contribution in [2.75, 3.05) is 0 Å². The summed E-state index contributed by atoms with van der Waals surface area (Å²) in [4.78, 5) is 27.8. The number of amides is 2. The van der Waals surface area contributed by atoms with Crippen molar-refractivity contribution in [1.29, 1.82) is 0 Å². The maximum absolute atomic E-state index is 13.2. The number of hydrogen-bond acceptors (Lipinski definition) is 2. The second kappa shape index (κ2) is 11.2.